The van der Waals surface area contributed by atoms with E-state index in [0.29, 0.717) is 18.9 Å². The first kappa shape index (κ1) is 15.9. The van der Waals surface area contributed by atoms with E-state index in [9.17, 15) is 4.79 Å². The Kier molecular flexibility index (Phi) is 5.30. The third kappa shape index (κ3) is 4.26. The van der Waals surface area contributed by atoms with Crippen LogP contribution in [0.15, 0.2) is 72.8 Å². The number of hydrogen-bond acceptors (Lipinski definition) is 3. The predicted octanol–water partition coefficient (Wildman–Crippen LogP) is 3.41. The first-order valence-electron chi connectivity index (χ1n) is 7.88. The molecule has 122 valence electrons. The summed E-state index contributed by atoms with van der Waals surface area (Å²) in [6.07, 6.45) is 0. The number of rotatable bonds is 7. The van der Waals surface area contributed by atoms with E-state index in [1.807, 2.05) is 72.8 Å². The molecule has 0 radical (unpaired) electrons. The van der Waals surface area contributed by atoms with E-state index >= 15 is 0 Å². The molecule has 0 heterocycles. The molecule has 0 aromatic heterocycles. The van der Waals surface area contributed by atoms with Crippen molar-refractivity contribution >= 4 is 16.7 Å². The molecule has 1 amide bonds. The second-order valence-electron chi connectivity index (χ2n) is 5.28. The minimum atomic E-state index is -0.166. The van der Waals surface area contributed by atoms with Gasteiger partial charge in [-0.25, -0.2) is 0 Å². The lowest BCUT2D eigenvalue weighted by molar-refractivity contribution is -0.123. The number of carbonyl (C=O) groups is 1. The summed E-state index contributed by atoms with van der Waals surface area (Å²) < 4.78 is 11.2. The van der Waals surface area contributed by atoms with Crippen LogP contribution in [-0.4, -0.2) is 25.7 Å². The van der Waals surface area contributed by atoms with Crippen LogP contribution in [0.2, 0.25) is 0 Å². The minimum Gasteiger partial charge on any atom is -0.491 e. The summed E-state index contributed by atoms with van der Waals surface area (Å²) in [4.78, 5) is 11.7. The highest BCUT2D eigenvalue weighted by Gasteiger charge is 2.04. The van der Waals surface area contributed by atoms with Crippen LogP contribution in [0.1, 0.15) is 0 Å². The lowest BCUT2D eigenvalue weighted by Gasteiger charge is -2.10. The standard InChI is InChI=1S/C20H19NO3/c22-20(15-24-17-9-2-1-3-10-17)21-13-14-23-19-12-6-8-16-7-4-5-11-18(16)19/h1-12H,13-15H2,(H,21,22). The lowest BCUT2D eigenvalue weighted by atomic mass is 10.1. The summed E-state index contributed by atoms with van der Waals surface area (Å²) in [5.41, 5.74) is 0. The minimum absolute atomic E-state index is 0.00171. The molecule has 0 atom stereocenters. The predicted molar refractivity (Wildman–Crippen MR) is 94.4 cm³/mol. The third-order valence-electron chi connectivity index (χ3n) is 3.54. The van der Waals surface area contributed by atoms with Gasteiger partial charge in [-0.3, -0.25) is 4.79 Å². The summed E-state index contributed by atoms with van der Waals surface area (Å²) >= 11 is 0. The van der Waals surface area contributed by atoms with Crippen LogP contribution in [0.4, 0.5) is 0 Å². The summed E-state index contributed by atoms with van der Waals surface area (Å²) in [5.74, 6) is 1.34. The first-order valence-corrected chi connectivity index (χ1v) is 7.88. The van der Waals surface area contributed by atoms with Crippen LogP contribution in [-0.2, 0) is 4.79 Å². The highest BCUT2D eigenvalue weighted by Crippen LogP contribution is 2.24. The molecular weight excluding hydrogens is 302 g/mol. The second-order valence-corrected chi connectivity index (χ2v) is 5.28. The van der Waals surface area contributed by atoms with E-state index in [1.165, 1.54) is 0 Å². The van der Waals surface area contributed by atoms with Crippen molar-refractivity contribution in [1.82, 2.24) is 5.32 Å². The number of hydrogen-bond donors (Lipinski definition) is 1. The molecule has 0 aliphatic carbocycles. The van der Waals surface area contributed by atoms with Gasteiger partial charge in [0.25, 0.3) is 5.91 Å². The van der Waals surface area contributed by atoms with E-state index in [0.717, 1.165) is 16.5 Å². The van der Waals surface area contributed by atoms with Crippen molar-refractivity contribution < 1.29 is 14.3 Å². The number of para-hydroxylation sites is 1. The zero-order valence-corrected chi connectivity index (χ0v) is 13.3. The zero-order chi connectivity index (χ0) is 16.6. The Morgan fingerprint density at radius 2 is 1.58 bits per heavy atom. The van der Waals surface area contributed by atoms with Gasteiger partial charge in [0, 0.05) is 5.39 Å². The maximum absolute atomic E-state index is 11.7. The fourth-order valence-electron chi connectivity index (χ4n) is 2.39. The van der Waals surface area contributed by atoms with Gasteiger partial charge in [-0.1, -0.05) is 54.6 Å². The Morgan fingerprint density at radius 3 is 2.46 bits per heavy atom. The summed E-state index contributed by atoms with van der Waals surface area (Å²) in [5, 5.41) is 4.99. The van der Waals surface area contributed by atoms with Crippen LogP contribution >= 0.6 is 0 Å². The van der Waals surface area contributed by atoms with Crippen molar-refractivity contribution in [3.05, 3.63) is 72.8 Å². The summed E-state index contributed by atoms with van der Waals surface area (Å²) in [7, 11) is 0. The van der Waals surface area contributed by atoms with Crippen molar-refractivity contribution in [3.63, 3.8) is 0 Å². The fourth-order valence-corrected chi connectivity index (χ4v) is 2.39. The molecule has 0 bridgehead atoms. The number of amides is 1. The van der Waals surface area contributed by atoms with Gasteiger partial charge < -0.3 is 14.8 Å². The maximum atomic E-state index is 11.7. The molecule has 0 unspecified atom stereocenters. The van der Waals surface area contributed by atoms with Crippen molar-refractivity contribution in [3.8, 4) is 11.5 Å². The van der Waals surface area contributed by atoms with E-state index in [-0.39, 0.29) is 12.5 Å². The van der Waals surface area contributed by atoms with Crippen LogP contribution in [0.25, 0.3) is 10.8 Å². The molecule has 0 fully saturated rings. The Balaban J connectivity index is 1.42. The van der Waals surface area contributed by atoms with Crippen molar-refractivity contribution in [2.45, 2.75) is 0 Å². The normalized spacial score (nSPS) is 10.3. The molecule has 4 heteroatoms. The monoisotopic (exact) mass is 321 g/mol. The molecule has 4 nitrogen and oxygen atoms in total. The molecule has 0 saturated heterocycles. The molecule has 3 aromatic carbocycles. The summed E-state index contributed by atoms with van der Waals surface area (Å²) in [6.45, 7) is 0.837. The molecule has 0 saturated carbocycles. The third-order valence-corrected chi connectivity index (χ3v) is 3.54. The van der Waals surface area contributed by atoms with Crippen LogP contribution in [0.5, 0.6) is 11.5 Å². The molecule has 3 rings (SSSR count). The molecule has 0 aliphatic heterocycles. The Hall–Kier alpha value is -3.01. The van der Waals surface area contributed by atoms with Gasteiger partial charge >= 0.3 is 0 Å². The van der Waals surface area contributed by atoms with Gasteiger partial charge in [0.1, 0.15) is 18.1 Å². The second kappa shape index (κ2) is 8.02. The average Bonchev–Trinajstić information content (AvgIpc) is 2.64. The molecular formula is C20H19NO3. The van der Waals surface area contributed by atoms with E-state index in [2.05, 4.69) is 5.32 Å². The van der Waals surface area contributed by atoms with Gasteiger partial charge in [0.15, 0.2) is 6.61 Å². The van der Waals surface area contributed by atoms with E-state index < -0.39 is 0 Å². The quantitative estimate of drug-likeness (QED) is 0.678. The van der Waals surface area contributed by atoms with E-state index in [4.69, 9.17) is 9.47 Å². The Bertz CT molecular complexity index is 797. The van der Waals surface area contributed by atoms with Gasteiger partial charge in [-0.2, -0.15) is 0 Å². The molecule has 3 aromatic rings. The number of fused-ring (bicyclic) bond motifs is 1. The molecule has 0 aliphatic rings. The smallest absolute Gasteiger partial charge is 0.258 e. The van der Waals surface area contributed by atoms with E-state index in [1.54, 1.807) is 0 Å². The van der Waals surface area contributed by atoms with Gasteiger partial charge in [-0.05, 0) is 23.6 Å². The zero-order valence-electron chi connectivity index (χ0n) is 13.3. The van der Waals surface area contributed by atoms with Crippen molar-refractivity contribution in [1.29, 1.82) is 0 Å². The van der Waals surface area contributed by atoms with Crippen LogP contribution in [0.3, 0.4) is 0 Å². The highest BCUT2D eigenvalue weighted by molar-refractivity contribution is 5.88. The first-order chi connectivity index (χ1) is 11.8. The topological polar surface area (TPSA) is 47.6 Å². The Labute approximate surface area is 141 Å². The molecule has 0 spiro atoms. The number of carbonyl (C=O) groups excluding carboxylic acids is 1. The largest absolute Gasteiger partial charge is 0.491 e. The van der Waals surface area contributed by atoms with Crippen LogP contribution < -0.4 is 14.8 Å². The van der Waals surface area contributed by atoms with Gasteiger partial charge in [0.05, 0.1) is 6.54 Å². The number of ether oxygens (including phenoxy) is 2. The maximum Gasteiger partial charge on any atom is 0.258 e. The average molecular weight is 321 g/mol. The number of nitrogens with one attached hydrogen (secondary N) is 1. The van der Waals surface area contributed by atoms with Crippen molar-refractivity contribution in [2.24, 2.45) is 0 Å². The van der Waals surface area contributed by atoms with Crippen LogP contribution in [0, 0.1) is 0 Å². The highest BCUT2D eigenvalue weighted by atomic mass is 16.5. The van der Waals surface area contributed by atoms with Crippen molar-refractivity contribution in [2.75, 3.05) is 19.8 Å². The molecule has 24 heavy (non-hydrogen) atoms. The van der Waals surface area contributed by atoms with Gasteiger partial charge in [0.2, 0.25) is 0 Å². The number of benzene rings is 3. The summed E-state index contributed by atoms with van der Waals surface area (Å²) in [6, 6.07) is 23.3. The molecule has 1 N–H and O–H groups in total. The van der Waals surface area contributed by atoms with Gasteiger partial charge in [-0.15, -0.1) is 0 Å². The fraction of sp³-hybridized carbons (Fsp3) is 0.150. The SMILES string of the molecule is O=C(COc1ccccc1)NCCOc1cccc2ccccc12. The lowest BCUT2D eigenvalue weighted by Crippen LogP contribution is -2.32. The Morgan fingerprint density at radius 1 is 0.833 bits per heavy atom.